The van der Waals surface area contributed by atoms with Gasteiger partial charge in [-0.2, -0.15) is 0 Å². The molecule has 1 aromatic rings. The lowest BCUT2D eigenvalue weighted by Crippen LogP contribution is -2.43. The van der Waals surface area contributed by atoms with Crippen molar-refractivity contribution in [3.63, 3.8) is 0 Å². The maximum absolute atomic E-state index is 12.3. The van der Waals surface area contributed by atoms with Crippen molar-refractivity contribution in [1.29, 1.82) is 0 Å². The fourth-order valence-electron chi connectivity index (χ4n) is 3.12. The second-order valence-electron chi connectivity index (χ2n) is 6.66. The number of methoxy groups -OCH3 is 2. The van der Waals surface area contributed by atoms with E-state index in [0.717, 1.165) is 25.7 Å². The SMILES string of the molecule is COc1cc(OC)cc(C(=O)NCCS(=O)(=O)N[C@H]2CCCC[C@@H]2C)c1. The van der Waals surface area contributed by atoms with E-state index in [1.807, 2.05) is 0 Å². The van der Waals surface area contributed by atoms with Crippen LogP contribution in [0.4, 0.5) is 0 Å². The molecular formula is C18H28N2O5S. The molecule has 0 aromatic heterocycles. The van der Waals surface area contributed by atoms with Gasteiger partial charge in [0.2, 0.25) is 10.0 Å². The summed E-state index contributed by atoms with van der Waals surface area (Å²) in [7, 11) is -0.430. The van der Waals surface area contributed by atoms with Gasteiger partial charge in [-0.25, -0.2) is 13.1 Å². The van der Waals surface area contributed by atoms with E-state index in [4.69, 9.17) is 9.47 Å². The highest BCUT2D eigenvalue weighted by Crippen LogP contribution is 2.24. The van der Waals surface area contributed by atoms with Crippen LogP contribution in [-0.2, 0) is 10.0 Å². The summed E-state index contributed by atoms with van der Waals surface area (Å²) < 4.78 is 37.6. The lowest BCUT2D eigenvalue weighted by atomic mass is 9.87. The van der Waals surface area contributed by atoms with Crippen LogP contribution in [0.25, 0.3) is 0 Å². The maximum atomic E-state index is 12.3. The third-order valence-electron chi connectivity index (χ3n) is 4.71. The number of amides is 1. The van der Waals surface area contributed by atoms with Crippen LogP contribution in [-0.4, -0.2) is 46.9 Å². The molecule has 146 valence electrons. The normalized spacial score (nSPS) is 20.4. The molecule has 0 heterocycles. The highest BCUT2D eigenvalue weighted by molar-refractivity contribution is 7.89. The van der Waals surface area contributed by atoms with Gasteiger partial charge in [0.15, 0.2) is 0 Å². The first-order valence-electron chi connectivity index (χ1n) is 8.86. The topological polar surface area (TPSA) is 93.7 Å². The van der Waals surface area contributed by atoms with E-state index in [1.165, 1.54) is 14.2 Å². The Bertz CT molecular complexity index is 698. The zero-order valence-electron chi connectivity index (χ0n) is 15.6. The van der Waals surface area contributed by atoms with Crippen LogP contribution in [0, 0.1) is 5.92 Å². The predicted octanol–water partition coefficient (Wildman–Crippen LogP) is 1.93. The van der Waals surface area contributed by atoms with E-state index < -0.39 is 10.0 Å². The molecule has 1 fully saturated rings. The number of hydrogen-bond donors (Lipinski definition) is 2. The fourth-order valence-corrected chi connectivity index (χ4v) is 4.42. The first-order valence-corrected chi connectivity index (χ1v) is 10.5. The Hall–Kier alpha value is -1.80. The third kappa shape index (κ3) is 5.88. The average Bonchev–Trinajstić information content (AvgIpc) is 2.62. The van der Waals surface area contributed by atoms with Gasteiger partial charge >= 0.3 is 0 Å². The average molecular weight is 384 g/mol. The monoisotopic (exact) mass is 384 g/mol. The molecule has 0 unspecified atom stereocenters. The summed E-state index contributed by atoms with van der Waals surface area (Å²) >= 11 is 0. The molecule has 26 heavy (non-hydrogen) atoms. The molecule has 0 aliphatic heterocycles. The second-order valence-corrected chi connectivity index (χ2v) is 8.54. The van der Waals surface area contributed by atoms with Crippen molar-refractivity contribution >= 4 is 15.9 Å². The Morgan fingerprint density at radius 3 is 2.31 bits per heavy atom. The number of carbonyl (C=O) groups excluding carboxylic acids is 1. The molecule has 8 heteroatoms. The van der Waals surface area contributed by atoms with Crippen molar-refractivity contribution in [2.24, 2.45) is 5.92 Å². The van der Waals surface area contributed by atoms with Gasteiger partial charge in [0.1, 0.15) is 11.5 Å². The van der Waals surface area contributed by atoms with Gasteiger partial charge in [0.05, 0.1) is 20.0 Å². The minimum Gasteiger partial charge on any atom is -0.497 e. The molecule has 7 nitrogen and oxygen atoms in total. The summed E-state index contributed by atoms with van der Waals surface area (Å²) in [5.74, 6) is 0.814. The van der Waals surface area contributed by atoms with Crippen molar-refractivity contribution in [3.05, 3.63) is 23.8 Å². The molecule has 0 saturated heterocycles. The van der Waals surface area contributed by atoms with Crippen LogP contribution < -0.4 is 19.5 Å². The van der Waals surface area contributed by atoms with Gasteiger partial charge in [-0.15, -0.1) is 0 Å². The third-order valence-corrected chi connectivity index (χ3v) is 6.12. The van der Waals surface area contributed by atoms with Crippen molar-refractivity contribution in [1.82, 2.24) is 10.0 Å². The molecule has 2 atom stereocenters. The van der Waals surface area contributed by atoms with Gasteiger partial charge in [0, 0.05) is 24.2 Å². The molecule has 1 aliphatic carbocycles. The van der Waals surface area contributed by atoms with Crippen molar-refractivity contribution in [2.75, 3.05) is 26.5 Å². The van der Waals surface area contributed by atoms with Crippen molar-refractivity contribution in [3.8, 4) is 11.5 Å². The largest absolute Gasteiger partial charge is 0.497 e. The molecule has 1 saturated carbocycles. The molecular weight excluding hydrogens is 356 g/mol. The number of ether oxygens (including phenoxy) is 2. The van der Waals surface area contributed by atoms with E-state index in [1.54, 1.807) is 18.2 Å². The quantitative estimate of drug-likeness (QED) is 0.714. The minimum atomic E-state index is -3.43. The Labute approximate surface area is 155 Å². The standard InChI is InChI=1S/C18H28N2O5S/c1-13-6-4-5-7-17(13)20-26(22,23)9-8-19-18(21)14-10-15(24-2)12-16(11-14)25-3/h10-13,17,20H,4-9H2,1-3H3,(H,19,21)/t13-,17-/m0/s1. The Morgan fingerprint density at radius 1 is 1.12 bits per heavy atom. The van der Waals surface area contributed by atoms with E-state index in [2.05, 4.69) is 17.0 Å². The first kappa shape index (κ1) is 20.5. The number of nitrogens with one attached hydrogen (secondary N) is 2. The van der Waals surface area contributed by atoms with Crippen LogP contribution in [0.5, 0.6) is 11.5 Å². The van der Waals surface area contributed by atoms with Crippen molar-refractivity contribution in [2.45, 2.75) is 38.6 Å². The second kappa shape index (κ2) is 9.23. The van der Waals surface area contributed by atoms with Crippen LogP contribution in [0.1, 0.15) is 43.0 Å². The molecule has 1 aromatic carbocycles. The van der Waals surface area contributed by atoms with Gasteiger partial charge in [-0.1, -0.05) is 19.8 Å². The highest BCUT2D eigenvalue weighted by atomic mass is 32.2. The maximum Gasteiger partial charge on any atom is 0.251 e. The molecule has 2 rings (SSSR count). The molecule has 0 bridgehead atoms. The predicted molar refractivity (Wildman–Crippen MR) is 100 cm³/mol. The van der Waals surface area contributed by atoms with Gasteiger partial charge in [-0.3, -0.25) is 4.79 Å². The van der Waals surface area contributed by atoms with Gasteiger partial charge in [0.25, 0.3) is 5.91 Å². The summed E-state index contributed by atoms with van der Waals surface area (Å²) in [6, 6.07) is 4.81. The van der Waals surface area contributed by atoms with Crippen molar-refractivity contribution < 1.29 is 22.7 Å². The lowest BCUT2D eigenvalue weighted by Gasteiger charge is -2.29. The minimum absolute atomic E-state index is 0.00732. The van der Waals surface area contributed by atoms with Gasteiger partial charge in [-0.05, 0) is 30.9 Å². The van der Waals surface area contributed by atoms with Crippen LogP contribution in [0.3, 0.4) is 0 Å². The Morgan fingerprint density at radius 2 is 1.73 bits per heavy atom. The number of rotatable bonds is 8. The Balaban J connectivity index is 1.89. The lowest BCUT2D eigenvalue weighted by molar-refractivity contribution is 0.0955. The zero-order chi connectivity index (χ0) is 19.2. The van der Waals surface area contributed by atoms with E-state index in [9.17, 15) is 13.2 Å². The zero-order valence-corrected chi connectivity index (χ0v) is 16.4. The van der Waals surface area contributed by atoms with Crippen LogP contribution in [0.2, 0.25) is 0 Å². The number of sulfonamides is 1. The highest BCUT2D eigenvalue weighted by Gasteiger charge is 2.25. The fraction of sp³-hybridized carbons (Fsp3) is 0.611. The molecule has 0 radical (unpaired) electrons. The number of benzene rings is 1. The summed E-state index contributed by atoms with van der Waals surface area (Å²) in [6.45, 7) is 2.11. The summed E-state index contributed by atoms with van der Waals surface area (Å²) in [5.41, 5.74) is 0.354. The molecule has 2 N–H and O–H groups in total. The number of hydrogen-bond acceptors (Lipinski definition) is 5. The number of carbonyl (C=O) groups is 1. The Kier molecular flexibility index (Phi) is 7.28. The smallest absolute Gasteiger partial charge is 0.251 e. The molecule has 1 amide bonds. The van der Waals surface area contributed by atoms with E-state index >= 15 is 0 Å². The molecule has 0 spiro atoms. The van der Waals surface area contributed by atoms with E-state index in [0.29, 0.717) is 23.0 Å². The summed E-state index contributed by atoms with van der Waals surface area (Å²) in [6.07, 6.45) is 4.11. The summed E-state index contributed by atoms with van der Waals surface area (Å²) in [5, 5.41) is 2.64. The van der Waals surface area contributed by atoms with Crippen LogP contribution >= 0.6 is 0 Å². The van der Waals surface area contributed by atoms with Crippen LogP contribution in [0.15, 0.2) is 18.2 Å². The first-order chi connectivity index (χ1) is 12.3. The van der Waals surface area contributed by atoms with Gasteiger partial charge < -0.3 is 14.8 Å². The molecule has 1 aliphatic rings. The summed E-state index contributed by atoms with van der Waals surface area (Å²) in [4.78, 5) is 12.3. The van der Waals surface area contributed by atoms with E-state index in [-0.39, 0.29) is 24.2 Å².